The first-order valence-corrected chi connectivity index (χ1v) is 7.44. The minimum absolute atomic E-state index is 0.0818. The van der Waals surface area contributed by atoms with Crippen LogP contribution in [0, 0.1) is 5.41 Å². The number of hydrogen-bond donors (Lipinski definition) is 1. The standard InChI is InChI=1S/C17H26O3/c1-17(2)8-4-5-15(17)14-11-13(12-18)6-7-16(14)20-10-9-19-3/h6-7,11,15,18H,4-5,8-10,12H2,1-3H3. The Labute approximate surface area is 121 Å². The molecule has 0 saturated heterocycles. The molecular weight excluding hydrogens is 252 g/mol. The number of methoxy groups -OCH3 is 1. The summed E-state index contributed by atoms with van der Waals surface area (Å²) in [7, 11) is 1.68. The molecule has 2 rings (SSSR count). The molecule has 0 bridgehead atoms. The van der Waals surface area contributed by atoms with E-state index in [-0.39, 0.29) is 6.61 Å². The van der Waals surface area contributed by atoms with Crippen LogP contribution >= 0.6 is 0 Å². The molecule has 0 amide bonds. The van der Waals surface area contributed by atoms with E-state index in [9.17, 15) is 5.11 Å². The quantitative estimate of drug-likeness (QED) is 0.809. The van der Waals surface area contributed by atoms with Crippen molar-refractivity contribution in [2.24, 2.45) is 5.41 Å². The van der Waals surface area contributed by atoms with Gasteiger partial charge in [0.1, 0.15) is 12.4 Å². The highest BCUT2D eigenvalue weighted by Gasteiger charge is 2.37. The van der Waals surface area contributed by atoms with Crippen LogP contribution in [0.2, 0.25) is 0 Å². The van der Waals surface area contributed by atoms with E-state index in [1.165, 1.54) is 24.8 Å². The molecule has 0 radical (unpaired) electrons. The summed E-state index contributed by atoms with van der Waals surface area (Å²) >= 11 is 0. The van der Waals surface area contributed by atoms with Crippen LogP contribution < -0.4 is 4.74 Å². The minimum atomic E-state index is 0.0818. The molecule has 3 nitrogen and oxygen atoms in total. The number of benzene rings is 1. The molecule has 1 fully saturated rings. The molecule has 0 heterocycles. The van der Waals surface area contributed by atoms with Crippen molar-refractivity contribution < 1.29 is 14.6 Å². The van der Waals surface area contributed by atoms with Gasteiger partial charge in [0.05, 0.1) is 13.2 Å². The van der Waals surface area contributed by atoms with Crippen molar-refractivity contribution >= 4 is 0 Å². The monoisotopic (exact) mass is 278 g/mol. The van der Waals surface area contributed by atoms with Gasteiger partial charge in [-0.05, 0) is 47.4 Å². The van der Waals surface area contributed by atoms with E-state index in [0.29, 0.717) is 24.5 Å². The van der Waals surface area contributed by atoms with E-state index in [1.54, 1.807) is 7.11 Å². The number of ether oxygens (including phenoxy) is 2. The number of aliphatic hydroxyl groups is 1. The maximum Gasteiger partial charge on any atom is 0.122 e. The summed E-state index contributed by atoms with van der Waals surface area (Å²) in [5.74, 6) is 1.45. The molecule has 1 saturated carbocycles. The van der Waals surface area contributed by atoms with Crippen LogP contribution in [0.3, 0.4) is 0 Å². The van der Waals surface area contributed by atoms with Gasteiger partial charge in [0.15, 0.2) is 0 Å². The molecule has 1 aromatic carbocycles. The zero-order chi connectivity index (χ0) is 14.6. The van der Waals surface area contributed by atoms with Crippen molar-refractivity contribution in [2.45, 2.75) is 45.6 Å². The van der Waals surface area contributed by atoms with Crippen molar-refractivity contribution in [3.8, 4) is 5.75 Å². The zero-order valence-electron chi connectivity index (χ0n) is 12.8. The lowest BCUT2D eigenvalue weighted by molar-refractivity contribution is 0.145. The Morgan fingerprint density at radius 2 is 2.10 bits per heavy atom. The molecule has 1 aromatic rings. The molecule has 1 aliphatic rings. The second-order valence-electron chi connectivity index (χ2n) is 6.30. The normalized spacial score (nSPS) is 21.1. The van der Waals surface area contributed by atoms with Gasteiger partial charge in [0, 0.05) is 7.11 Å². The van der Waals surface area contributed by atoms with Gasteiger partial charge >= 0.3 is 0 Å². The second-order valence-corrected chi connectivity index (χ2v) is 6.30. The summed E-state index contributed by atoms with van der Waals surface area (Å²) in [6, 6.07) is 6.04. The molecule has 1 N–H and O–H groups in total. The zero-order valence-corrected chi connectivity index (χ0v) is 12.8. The van der Waals surface area contributed by atoms with Gasteiger partial charge < -0.3 is 14.6 Å². The number of aliphatic hydroxyl groups excluding tert-OH is 1. The minimum Gasteiger partial charge on any atom is -0.491 e. The van der Waals surface area contributed by atoms with Crippen molar-refractivity contribution in [3.63, 3.8) is 0 Å². The van der Waals surface area contributed by atoms with Crippen LogP contribution in [0.4, 0.5) is 0 Å². The van der Waals surface area contributed by atoms with Crippen molar-refractivity contribution in [3.05, 3.63) is 29.3 Å². The summed E-state index contributed by atoms with van der Waals surface area (Å²) < 4.78 is 10.9. The Balaban J connectivity index is 2.27. The first-order chi connectivity index (χ1) is 9.58. The van der Waals surface area contributed by atoms with Gasteiger partial charge in [0.2, 0.25) is 0 Å². The van der Waals surface area contributed by atoms with Gasteiger partial charge in [-0.1, -0.05) is 26.3 Å². The van der Waals surface area contributed by atoms with Crippen LogP contribution in [0.25, 0.3) is 0 Å². The summed E-state index contributed by atoms with van der Waals surface area (Å²) in [5.41, 5.74) is 2.50. The van der Waals surface area contributed by atoms with E-state index in [4.69, 9.17) is 9.47 Å². The average molecular weight is 278 g/mol. The highest BCUT2D eigenvalue weighted by Crippen LogP contribution is 2.51. The van der Waals surface area contributed by atoms with Crippen molar-refractivity contribution in [1.29, 1.82) is 0 Å². The van der Waals surface area contributed by atoms with Crippen LogP contribution in [0.1, 0.15) is 50.2 Å². The molecule has 0 spiro atoms. The Morgan fingerprint density at radius 3 is 2.70 bits per heavy atom. The largest absolute Gasteiger partial charge is 0.491 e. The maximum absolute atomic E-state index is 9.38. The van der Waals surface area contributed by atoms with E-state index < -0.39 is 0 Å². The summed E-state index contributed by atoms with van der Waals surface area (Å²) in [4.78, 5) is 0. The Morgan fingerprint density at radius 1 is 1.30 bits per heavy atom. The van der Waals surface area contributed by atoms with Gasteiger partial charge in [-0.2, -0.15) is 0 Å². The molecule has 1 unspecified atom stereocenters. The Hall–Kier alpha value is -1.06. The molecule has 112 valence electrons. The first-order valence-electron chi connectivity index (χ1n) is 7.44. The Kier molecular flexibility index (Phi) is 5.06. The molecule has 1 atom stereocenters. The molecule has 20 heavy (non-hydrogen) atoms. The van der Waals surface area contributed by atoms with Gasteiger partial charge in [-0.15, -0.1) is 0 Å². The fourth-order valence-electron chi connectivity index (χ4n) is 3.24. The smallest absolute Gasteiger partial charge is 0.122 e. The van der Waals surface area contributed by atoms with Crippen LogP contribution in [-0.2, 0) is 11.3 Å². The third-order valence-corrected chi connectivity index (χ3v) is 4.43. The fraction of sp³-hybridized carbons (Fsp3) is 0.647. The van der Waals surface area contributed by atoms with E-state index in [2.05, 4.69) is 19.9 Å². The average Bonchev–Trinajstić information content (AvgIpc) is 2.79. The topological polar surface area (TPSA) is 38.7 Å². The van der Waals surface area contributed by atoms with Gasteiger partial charge in [0.25, 0.3) is 0 Å². The van der Waals surface area contributed by atoms with Crippen LogP contribution in [0.15, 0.2) is 18.2 Å². The fourth-order valence-corrected chi connectivity index (χ4v) is 3.24. The SMILES string of the molecule is COCCOc1ccc(CO)cc1C1CCCC1(C)C. The Bertz CT molecular complexity index is 440. The van der Waals surface area contributed by atoms with Crippen LogP contribution in [-0.4, -0.2) is 25.4 Å². The highest BCUT2D eigenvalue weighted by atomic mass is 16.5. The molecule has 0 aromatic heterocycles. The third kappa shape index (κ3) is 3.33. The summed E-state index contributed by atoms with van der Waals surface area (Å²) in [6.45, 7) is 5.90. The van der Waals surface area contributed by atoms with Gasteiger partial charge in [-0.3, -0.25) is 0 Å². The van der Waals surface area contributed by atoms with Crippen molar-refractivity contribution in [1.82, 2.24) is 0 Å². The number of rotatable bonds is 6. The van der Waals surface area contributed by atoms with E-state index in [0.717, 1.165) is 11.3 Å². The number of hydrogen-bond acceptors (Lipinski definition) is 3. The summed E-state index contributed by atoms with van der Waals surface area (Å²) in [6.07, 6.45) is 3.71. The first kappa shape index (κ1) is 15.3. The van der Waals surface area contributed by atoms with E-state index in [1.807, 2.05) is 12.1 Å². The van der Waals surface area contributed by atoms with E-state index >= 15 is 0 Å². The third-order valence-electron chi connectivity index (χ3n) is 4.43. The molecule has 0 aliphatic heterocycles. The lowest BCUT2D eigenvalue weighted by atomic mass is 9.77. The predicted octanol–water partition coefficient (Wildman–Crippen LogP) is 3.50. The summed E-state index contributed by atoms with van der Waals surface area (Å²) in [5, 5.41) is 9.38. The lowest BCUT2D eigenvalue weighted by Crippen LogP contribution is -2.17. The molecule has 1 aliphatic carbocycles. The van der Waals surface area contributed by atoms with Crippen LogP contribution in [0.5, 0.6) is 5.75 Å². The maximum atomic E-state index is 9.38. The molecule has 3 heteroatoms. The van der Waals surface area contributed by atoms with Gasteiger partial charge in [-0.25, -0.2) is 0 Å². The highest BCUT2D eigenvalue weighted by molar-refractivity contribution is 5.41. The second kappa shape index (κ2) is 6.59. The predicted molar refractivity (Wildman–Crippen MR) is 80.1 cm³/mol. The van der Waals surface area contributed by atoms with Crippen molar-refractivity contribution in [2.75, 3.05) is 20.3 Å². The lowest BCUT2D eigenvalue weighted by Gasteiger charge is -2.29. The molecular formula is C17H26O3.